The average molecular weight is 458 g/mol. The van der Waals surface area contributed by atoms with Crippen LogP contribution >= 0.6 is 11.8 Å². The van der Waals surface area contributed by atoms with Crippen LogP contribution in [0.1, 0.15) is 46.1 Å². The van der Waals surface area contributed by atoms with Gasteiger partial charge in [-0.2, -0.15) is 0 Å². The molecule has 2 amide bonds. The van der Waals surface area contributed by atoms with E-state index in [1.54, 1.807) is 6.20 Å². The minimum absolute atomic E-state index is 0.0288. The first-order valence-corrected chi connectivity index (χ1v) is 12.2. The van der Waals surface area contributed by atoms with Crippen molar-refractivity contribution in [2.45, 2.75) is 51.2 Å². The zero-order valence-corrected chi connectivity index (χ0v) is 20.6. The van der Waals surface area contributed by atoms with Gasteiger partial charge in [0.2, 0.25) is 11.8 Å². The molecule has 1 fully saturated rings. The number of nitrogens with zero attached hydrogens (tertiary/aromatic N) is 4. The number of thioether (sulfide) groups is 1. The maximum absolute atomic E-state index is 12.7. The van der Waals surface area contributed by atoms with Gasteiger partial charge in [-0.25, -0.2) is 4.98 Å². The molecule has 2 aromatic rings. The third kappa shape index (κ3) is 6.84. The van der Waals surface area contributed by atoms with E-state index in [1.807, 2.05) is 36.4 Å². The Labute approximate surface area is 195 Å². The Morgan fingerprint density at radius 3 is 2.34 bits per heavy atom. The predicted octanol–water partition coefficient (Wildman–Crippen LogP) is 3.15. The summed E-state index contributed by atoms with van der Waals surface area (Å²) in [6.45, 7) is 13.4. The molecule has 1 aliphatic heterocycles. The molecule has 174 valence electrons. The van der Waals surface area contributed by atoms with Gasteiger partial charge in [-0.05, 0) is 44.4 Å². The molecule has 0 atom stereocenters. The van der Waals surface area contributed by atoms with E-state index in [4.69, 9.17) is 0 Å². The van der Waals surface area contributed by atoms with Crippen LogP contribution in [0.2, 0.25) is 0 Å². The van der Waals surface area contributed by atoms with Gasteiger partial charge in [0.15, 0.2) is 5.16 Å². The van der Waals surface area contributed by atoms with Gasteiger partial charge in [0, 0.05) is 49.8 Å². The number of carbonyl (C=O) groups excluding carboxylic acids is 2. The summed E-state index contributed by atoms with van der Waals surface area (Å²) in [5, 5.41) is 3.80. The lowest BCUT2D eigenvalue weighted by Gasteiger charge is -2.34. The van der Waals surface area contributed by atoms with Gasteiger partial charge in [0.1, 0.15) is 0 Å². The van der Waals surface area contributed by atoms with E-state index in [2.05, 4.69) is 53.3 Å². The summed E-state index contributed by atoms with van der Waals surface area (Å²) < 4.78 is 2.02. The summed E-state index contributed by atoms with van der Waals surface area (Å²) in [6, 6.07) is 8.47. The molecule has 0 aliphatic carbocycles. The van der Waals surface area contributed by atoms with Crippen molar-refractivity contribution in [3.63, 3.8) is 0 Å². The highest BCUT2D eigenvalue weighted by atomic mass is 32.2. The van der Waals surface area contributed by atoms with Gasteiger partial charge in [0.05, 0.1) is 12.3 Å². The quantitative estimate of drug-likeness (QED) is 0.647. The lowest BCUT2D eigenvalue weighted by atomic mass is 10.0. The van der Waals surface area contributed by atoms with Crippen LogP contribution in [0.25, 0.3) is 5.69 Å². The highest BCUT2D eigenvalue weighted by Gasteiger charge is 2.24. The normalized spacial score (nSPS) is 15.2. The first kappa shape index (κ1) is 24.3. The van der Waals surface area contributed by atoms with Crippen LogP contribution in [0, 0.1) is 0 Å². The Morgan fingerprint density at radius 1 is 1.09 bits per heavy atom. The van der Waals surface area contributed by atoms with Crippen LogP contribution in [-0.4, -0.2) is 75.2 Å². The molecule has 1 saturated heterocycles. The van der Waals surface area contributed by atoms with Gasteiger partial charge in [0.25, 0.3) is 0 Å². The van der Waals surface area contributed by atoms with Gasteiger partial charge in [-0.15, -0.1) is 0 Å². The Morgan fingerprint density at radius 2 is 1.75 bits per heavy atom. The van der Waals surface area contributed by atoms with E-state index in [9.17, 15) is 9.59 Å². The monoisotopic (exact) mass is 457 g/mol. The second kappa shape index (κ2) is 10.5. The topological polar surface area (TPSA) is 70.5 Å². The van der Waals surface area contributed by atoms with Crippen LogP contribution < -0.4 is 5.32 Å². The Balaban J connectivity index is 1.48. The molecule has 0 saturated carbocycles. The number of imidazole rings is 1. The molecular formula is C24H35N5O2S. The molecule has 1 N–H and O–H groups in total. The highest BCUT2D eigenvalue weighted by Crippen LogP contribution is 2.23. The van der Waals surface area contributed by atoms with Crippen molar-refractivity contribution in [3.05, 3.63) is 42.2 Å². The summed E-state index contributed by atoms with van der Waals surface area (Å²) in [5.41, 5.74) is 2.12. The fourth-order valence-corrected chi connectivity index (χ4v) is 4.52. The summed E-state index contributed by atoms with van der Waals surface area (Å²) in [5.74, 6) is 0.984. The van der Waals surface area contributed by atoms with Crippen molar-refractivity contribution in [2.24, 2.45) is 0 Å². The van der Waals surface area contributed by atoms with E-state index in [-0.39, 0.29) is 17.4 Å². The van der Waals surface area contributed by atoms with Gasteiger partial charge in [-0.3, -0.25) is 19.1 Å². The van der Waals surface area contributed by atoms with E-state index < -0.39 is 0 Å². The number of piperazine rings is 1. The number of carbonyl (C=O) groups is 2. The van der Waals surface area contributed by atoms with Crippen molar-refractivity contribution in [3.8, 4) is 5.69 Å². The molecule has 8 heteroatoms. The minimum atomic E-state index is -0.228. The zero-order chi connectivity index (χ0) is 23.3. The number of nitrogens with one attached hydrogen (secondary N) is 1. The van der Waals surface area contributed by atoms with E-state index >= 15 is 0 Å². The number of benzene rings is 1. The average Bonchev–Trinajstić information content (AvgIpc) is 3.20. The molecule has 1 aliphatic rings. The number of hydrogen-bond acceptors (Lipinski definition) is 5. The molecule has 0 bridgehead atoms. The highest BCUT2D eigenvalue weighted by molar-refractivity contribution is 7.99. The first-order valence-electron chi connectivity index (χ1n) is 11.2. The van der Waals surface area contributed by atoms with Crippen LogP contribution in [-0.2, 0) is 9.59 Å². The summed E-state index contributed by atoms with van der Waals surface area (Å²) in [7, 11) is 0. The molecule has 3 rings (SSSR count). The van der Waals surface area contributed by atoms with Crippen LogP contribution in [0.15, 0.2) is 41.8 Å². The second-order valence-electron chi connectivity index (χ2n) is 9.57. The van der Waals surface area contributed by atoms with Crippen LogP contribution in [0.3, 0.4) is 0 Å². The SMILES string of the molecule is CC(C)c1ccc(-n2ccnc2SCC(=O)N2CCN(CC(=O)NC(C)(C)C)CC2)cc1. The van der Waals surface area contributed by atoms with Crippen molar-refractivity contribution in [1.29, 1.82) is 0 Å². The maximum atomic E-state index is 12.7. The largest absolute Gasteiger partial charge is 0.350 e. The van der Waals surface area contributed by atoms with E-state index in [0.717, 1.165) is 10.8 Å². The molecule has 0 unspecified atom stereocenters. The first-order chi connectivity index (χ1) is 15.1. The Hall–Kier alpha value is -2.32. The third-order valence-corrected chi connectivity index (χ3v) is 6.33. The third-order valence-electron chi connectivity index (χ3n) is 5.38. The predicted molar refractivity (Wildman–Crippen MR) is 129 cm³/mol. The summed E-state index contributed by atoms with van der Waals surface area (Å²) in [4.78, 5) is 33.3. The van der Waals surface area contributed by atoms with Gasteiger partial charge < -0.3 is 10.2 Å². The molecule has 2 heterocycles. The number of aromatic nitrogens is 2. The zero-order valence-electron chi connectivity index (χ0n) is 19.8. The lowest BCUT2D eigenvalue weighted by Crippen LogP contribution is -2.53. The Bertz CT molecular complexity index is 909. The maximum Gasteiger partial charge on any atom is 0.234 e. The van der Waals surface area contributed by atoms with Crippen molar-refractivity contribution in [1.82, 2.24) is 24.7 Å². The fourth-order valence-electron chi connectivity index (χ4n) is 3.65. The lowest BCUT2D eigenvalue weighted by molar-refractivity contribution is -0.130. The molecule has 1 aromatic carbocycles. The Kier molecular flexibility index (Phi) is 8.00. The molecule has 32 heavy (non-hydrogen) atoms. The number of rotatable bonds is 7. The second-order valence-corrected chi connectivity index (χ2v) is 10.5. The van der Waals surface area contributed by atoms with Crippen molar-refractivity contribution < 1.29 is 9.59 Å². The van der Waals surface area contributed by atoms with Gasteiger partial charge >= 0.3 is 0 Å². The summed E-state index contributed by atoms with van der Waals surface area (Å²) in [6.07, 6.45) is 3.70. The molecular weight excluding hydrogens is 422 g/mol. The summed E-state index contributed by atoms with van der Waals surface area (Å²) >= 11 is 1.46. The molecule has 1 aromatic heterocycles. The molecule has 0 radical (unpaired) electrons. The van der Waals surface area contributed by atoms with Crippen LogP contribution in [0.5, 0.6) is 0 Å². The number of amides is 2. The standard InChI is InChI=1S/C24H35N5O2S/c1-18(2)19-6-8-20(9-7-19)29-11-10-25-23(29)32-17-22(31)28-14-12-27(13-15-28)16-21(30)26-24(3,4)5/h6-11,18H,12-17H2,1-5H3,(H,26,30). The number of hydrogen-bond donors (Lipinski definition) is 1. The van der Waals surface area contributed by atoms with E-state index in [1.165, 1.54) is 17.3 Å². The van der Waals surface area contributed by atoms with E-state index in [0.29, 0.717) is 44.4 Å². The van der Waals surface area contributed by atoms with Crippen molar-refractivity contribution >= 4 is 23.6 Å². The smallest absolute Gasteiger partial charge is 0.234 e. The van der Waals surface area contributed by atoms with Crippen LogP contribution in [0.4, 0.5) is 0 Å². The fraction of sp³-hybridized carbons (Fsp3) is 0.542. The minimum Gasteiger partial charge on any atom is -0.350 e. The molecule has 7 nitrogen and oxygen atoms in total. The van der Waals surface area contributed by atoms with Gasteiger partial charge in [-0.1, -0.05) is 37.7 Å². The van der Waals surface area contributed by atoms with Crippen molar-refractivity contribution in [2.75, 3.05) is 38.5 Å². The molecule has 0 spiro atoms.